The zero-order valence-corrected chi connectivity index (χ0v) is 13.5. The van der Waals surface area contributed by atoms with E-state index < -0.39 is 12.1 Å². The Kier molecular flexibility index (Phi) is 5.16. The Morgan fingerprint density at radius 2 is 1.76 bits per heavy atom. The van der Waals surface area contributed by atoms with E-state index >= 15 is 0 Å². The average molecular weight is 360 g/mol. The van der Waals surface area contributed by atoms with Gasteiger partial charge >= 0.3 is 6.36 Å². The number of hydrogen-bond acceptors (Lipinski definition) is 5. The van der Waals surface area contributed by atoms with Gasteiger partial charge in [0, 0.05) is 31.6 Å². The summed E-state index contributed by atoms with van der Waals surface area (Å²) in [6.07, 6.45) is -3.31. The number of nitrogens with one attached hydrogen (secondary N) is 1. The van der Waals surface area contributed by atoms with E-state index in [1.165, 1.54) is 12.1 Å². The van der Waals surface area contributed by atoms with Crippen LogP contribution in [0.3, 0.4) is 0 Å². The van der Waals surface area contributed by atoms with Crippen LogP contribution in [0.15, 0.2) is 24.3 Å². The number of nitrogens with zero attached hydrogens (tertiary/aromatic N) is 1. The molecule has 0 unspecified atom stereocenters. The minimum Gasteiger partial charge on any atom is -0.406 e. The number of anilines is 1. The second-order valence-electron chi connectivity index (χ2n) is 6.00. The number of likely N-dealkylation sites (tertiary alicyclic amines) is 1. The van der Waals surface area contributed by atoms with E-state index in [-0.39, 0.29) is 18.2 Å². The molecular weight excluding hydrogens is 341 g/mol. The highest BCUT2D eigenvalue weighted by Gasteiger charge is 2.39. The molecule has 0 radical (unpaired) electrons. The summed E-state index contributed by atoms with van der Waals surface area (Å²) < 4.78 is 51.4. The second kappa shape index (κ2) is 7.19. The van der Waals surface area contributed by atoms with Crippen LogP contribution in [0.25, 0.3) is 0 Å². The zero-order valence-electron chi connectivity index (χ0n) is 13.5. The largest absolute Gasteiger partial charge is 0.573 e. The molecule has 9 heteroatoms. The van der Waals surface area contributed by atoms with E-state index in [2.05, 4.69) is 10.1 Å². The molecule has 1 amide bonds. The third kappa shape index (κ3) is 5.07. The smallest absolute Gasteiger partial charge is 0.406 e. The molecule has 2 aliphatic rings. The normalized spacial score (nSPS) is 20.6. The van der Waals surface area contributed by atoms with E-state index in [1.54, 1.807) is 0 Å². The first-order valence-corrected chi connectivity index (χ1v) is 8.00. The first kappa shape index (κ1) is 18.0. The van der Waals surface area contributed by atoms with E-state index in [0.29, 0.717) is 44.8 Å². The van der Waals surface area contributed by atoms with Gasteiger partial charge in [0.25, 0.3) is 0 Å². The molecule has 6 nitrogen and oxygen atoms in total. The summed E-state index contributed by atoms with van der Waals surface area (Å²) in [6, 6.07) is 5.04. The molecule has 2 aliphatic heterocycles. The number of piperidine rings is 1. The van der Waals surface area contributed by atoms with Crippen LogP contribution in [0.1, 0.15) is 12.8 Å². The van der Waals surface area contributed by atoms with E-state index in [1.807, 2.05) is 4.90 Å². The fourth-order valence-corrected chi connectivity index (χ4v) is 2.98. The van der Waals surface area contributed by atoms with Gasteiger partial charge in [-0.1, -0.05) is 0 Å². The molecule has 0 saturated carbocycles. The SMILES string of the molecule is O=C(CN1CCC2(CC1)OCCO2)Nc1ccc(OC(F)(F)F)cc1. The number of hydrogen-bond donors (Lipinski definition) is 1. The molecule has 1 aromatic carbocycles. The van der Waals surface area contributed by atoms with Crippen molar-refractivity contribution in [1.29, 1.82) is 0 Å². The molecule has 1 spiro atoms. The molecule has 138 valence electrons. The van der Waals surface area contributed by atoms with Crippen LogP contribution in [0, 0.1) is 0 Å². The molecule has 0 aliphatic carbocycles. The molecule has 2 fully saturated rings. The van der Waals surface area contributed by atoms with E-state index in [0.717, 1.165) is 12.1 Å². The summed E-state index contributed by atoms with van der Waals surface area (Å²) in [7, 11) is 0. The first-order valence-electron chi connectivity index (χ1n) is 8.00. The standard InChI is InChI=1S/C16H19F3N2O4/c17-16(18,19)25-13-3-1-12(2-4-13)20-14(22)11-21-7-5-15(6-8-21)23-9-10-24-15/h1-4H,5-11H2,(H,20,22). The fraction of sp³-hybridized carbons (Fsp3) is 0.562. The average Bonchev–Trinajstić information content (AvgIpc) is 2.99. The number of halogens is 3. The molecule has 2 saturated heterocycles. The highest BCUT2D eigenvalue weighted by Crippen LogP contribution is 2.31. The summed E-state index contributed by atoms with van der Waals surface area (Å²) in [4.78, 5) is 14.1. The third-order valence-electron chi connectivity index (χ3n) is 4.17. The van der Waals surface area contributed by atoms with Crippen LogP contribution in [-0.4, -0.2) is 55.8 Å². The van der Waals surface area contributed by atoms with Crippen molar-refractivity contribution in [3.05, 3.63) is 24.3 Å². The summed E-state index contributed by atoms with van der Waals surface area (Å²) >= 11 is 0. The Bertz CT molecular complexity index is 590. The first-order chi connectivity index (χ1) is 11.8. The molecule has 0 bridgehead atoms. The number of amides is 1. The Labute approximate surface area is 142 Å². The lowest BCUT2D eigenvalue weighted by molar-refractivity contribution is -0.274. The molecular formula is C16H19F3N2O4. The molecule has 2 heterocycles. The van der Waals surface area contributed by atoms with Crippen molar-refractivity contribution in [3.8, 4) is 5.75 Å². The number of alkyl halides is 3. The number of ether oxygens (including phenoxy) is 3. The lowest BCUT2D eigenvalue weighted by atomic mass is 10.0. The van der Waals surface area contributed by atoms with Crippen molar-refractivity contribution in [2.45, 2.75) is 25.0 Å². The summed E-state index contributed by atoms with van der Waals surface area (Å²) in [5, 5.41) is 2.66. The van der Waals surface area contributed by atoms with Crippen molar-refractivity contribution in [3.63, 3.8) is 0 Å². The van der Waals surface area contributed by atoms with Crippen LogP contribution in [0.5, 0.6) is 5.75 Å². The monoisotopic (exact) mass is 360 g/mol. The lowest BCUT2D eigenvalue weighted by Gasteiger charge is -2.37. The third-order valence-corrected chi connectivity index (χ3v) is 4.17. The number of carbonyl (C=O) groups is 1. The van der Waals surface area contributed by atoms with Crippen LogP contribution >= 0.6 is 0 Å². The maximum Gasteiger partial charge on any atom is 0.573 e. The minimum atomic E-state index is -4.73. The molecule has 0 aromatic heterocycles. The molecule has 3 rings (SSSR count). The predicted octanol–water partition coefficient (Wildman–Crippen LogP) is 2.36. The lowest BCUT2D eigenvalue weighted by Crippen LogP contribution is -2.47. The predicted molar refractivity (Wildman–Crippen MR) is 82.1 cm³/mol. The highest BCUT2D eigenvalue weighted by molar-refractivity contribution is 5.92. The van der Waals surface area contributed by atoms with Gasteiger partial charge in [-0.05, 0) is 24.3 Å². The quantitative estimate of drug-likeness (QED) is 0.893. The molecule has 1 aromatic rings. The zero-order chi connectivity index (χ0) is 17.9. The van der Waals surface area contributed by atoms with Crippen molar-refractivity contribution < 1.29 is 32.2 Å². The van der Waals surface area contributed by atoms with Crippen LogP contribution in [0.4, 0.5) is 18.9 Å². The molecule has 1 N–H and O–H groups in total. The minimum absolute atomic E-state index is 0.205. The second-order valence-corrected chi connectivity index (χ2v) is 6.00. The van der Waals surface area contributed by atoms with Crippen LogP contribution < -0.4 is 10.1 Å². The molecule has 0 atom stereocenters. The van der Waals surface area contributed by atoms with Crippen molar-refractivity contribution in [2.75, 3.05) is 38.2 Å². The Morgan fingerprint density at radius 3 is 2.32 bits per heavy atom. The van der Waals surface area contributed by atoms with E-state index in [9.17, 15) is 18.0 Å². The Morgan fingerprint density at radius 1 is 1.16 bits per heavy atom. The van der Waals surface area contributed by atoms with Crippen molar-refractivity contribution in [2.24, 2.45) is 0 Å². The van der Waals surface area contributed by atoms with Gasteiger partial charge in [-0.25, -0.2) is 0 Å². The van der Waals surface area contributed by atoms with Gasteiger partial charge in [0.2, 0.25) is 5.91 Å². The Hall–Kier alpha value is -1.84. The number of carbonyl (C=O) groups excluding carboxylic acids is 1. The number of benzene rings is 1. The number of rotatable bonds is 4. The Balaban J connectivity index is 1.45. The summed E-state index contributed by atoms with van der Waals surface area (Å²) in [5.41, 5.74) is 0.412. The maximum absolute atomic E-state index is 12.1. The van der Waals surface area contributed by atoms with Crippen molar-refractivity contribution >= 4 is 11.6 Å². The van der Waals surface area contributed by atoms with Gasteiger partial charge in [0.05, 0.1) is 19.8 Å². The summed E-state index contributed by atoms with van der Waals surface area (Å²) in [6.45, 7) is 2.79. The van der Waals surface area contributed by atoms with Crippen molar-refractivity contribution in [1.82, 2.24) is 4.90 Å². The van der Waals surface area contributed by atoms with Gasteiger partial charge < -0.3 is 19.5 Å². The topological polar surface area (TPSA) is 60.0 Å². The van der Waals surface area contributed by atoms with Crippen LogP contribution in [-0.2, 0) is 14.3 Å². The van der Waals surface area contributed by atoms with Gasteiger partial charge in [0.15, 0.2) is 5.79 Å². The maximum atomic E-state index is 12.1. The van der Waals surface area contributed by atoms with Gasteiger partial charge in [0.1, 0.15) is 5.75 Å². The van der Waals surface area contributed by atoms with Gasteiger partial charge in [-0.3, -0.25) is 9.69 Å². The molecule has 25 heavy (non-hydrogen) atoms. The highest BCUT2D eigenvalue weighted by atomic mass is 19.4. The summed E-state index contributed by atoms with van der Waals surface area (Å²) in [5.74, 6) is -1.04. The van der Waals surface area contributed by atoms with Crippen LogP contribution in [0.2, 0.25) is 0 Å². The van der Waals surface area contributed by atoms with E-state index in [4.69, 9.17) is 9.47 Å². The van der Waals surface area contributed by atoms with Gasteiger partial charge in [-0.15, -0.1) is 13.2 Å². The fourth-order valence-electron chi connectivity index (χ4n) is 2.98. The van der Waals surface area contributed by atoms with Gasteiger partial charge in [-0.2, -0.15) is 0 Å².